The van der Waals surface area contributed by atoms with Crippen LogP contribution in [0.3, 0.4) is 0 Å². The molecule has 2 rings (SSSR count). The number of carbonyl (C=O) groups is 1. The molecule has 4 nitrogen and oxygen atoms in total. The maximum atomic E-state index is 11.6. The van der Waals surface area contributed by atoms with Crippen LogP contribution in [0.25, 0.3) is 0 Å². The number of amides is 1. The molecule has 0 atom stereocenters. The van der Waals surface area contributed by atoms with Crippen molar-refractivity contribution in [1.82, 2.24) is 10.3 Å². The molecule has 21 heavy (non-hydrogen) atoms. The zero-order valence-corrected chi connectivity index (χ0v) is 13.6. The van der Waals surface area contributed by atoms with Gasteiger partial charge < -0.3 is 10.6 Å². The molecule has 0 fully saturated rings. The van der Waals surface area contributed by atoms with Gasteiger partial charge in [0.1, 0.15) is 0 Å². The highest BCUT2D eigenvalue weighted by atomic mass is 35.5. The van der Waals surface area contributed by atoms with Crippen LogP contribution in [0.1, 0.15) is 22.4 Å². The van der Waals surface area contributed by atoms with E-state index in [1.54, 1.807) is 6.20 Å². The molecule has 0 saturated heterocycles. The van der Waals surface area contributed by atoms with Crippen LogP contribution in [-0.4, -0.2) is 24.5 Å². The molecule has 0 unspecified atom stereocenters. The van der Waals surface area contributed by atoms with Gasteiger partial charge in [0.15, 0.2) is 5.13 Å². The van der Waals surface area contributed by atoms with Crippen molar-refractivity contribution < 1.29 is 4.79 Å². The molecule has 1 heterocycles. The van der Waals surface area contributed by atoms with Gasteiger partial charge >= 0.3 is 0 Å². The summed E-state index contributed by atoms with van der Waals surface area (Å²) in [5.74, 6) is -0.0244. The number of hydrogen-bond acceptors (Lipinski definition) is 4. The Morgan fingerprint density at radius 2 is 2.24 bits per heavy atom. The highest BCUT2D eigenvalue weighted by Crippen LogP contribution is 2.23. The van der Waals surface area contributed by atoms with Crippen LogP contribution in [-0.2, 0) is 11.2 Å². The van der Waals surface area contributed by atoms with Crippen molar-refractivity contribution in [2.45, 2.75) is 19.8 Å². The number of aryl methyl sites for hydroxylation is 1. The molecule has 6 heteroatoms. The van der Waals surface area contributed by atoms with Crippen molar-refractivity contribution in [2.75, 3.05) is 18.9 Å². The highest BCUT2D eigenvalue weighted by molar-refractivity contribution is 7.15. The van der Waals surface area contributed by atoms with Crippen molar-refractivity contribution >= 4 is 34.0 Å². The van der Waals surface area contributed by atoms with Gasteiger partial charge in [-0.25, -0.2) is 4.98 Å². The molecule has 0 spiro atoms. The third kappa shape index (κ3) is 4.81. The first-order chi connectivity index (χ1) is 10.1. The van der Waals surface area contributed by atoms with Crippen LogP contribution in [0.2, 0.25) is 5.02 Å². The molecule has 1 aromatic heterocycles. The normalized spacial score (nSPS) is 10.6. The topological polar surface area (TPSA) is 54.0 Å². The van der Waals surface area contributed by atoms with Crippen molar-refractivity contribution in [3.8, 4) is 0 Å². The maximum Gasteiger partial charge on any atom is 0.227 e. The largest absolute Gasteiger partial charge is 0.319 e. The number of halogens is 1. The van der Waals surface area contributed by atoms with Gasteiger partial charge in [0.2, 0.25) is 5.91 Å². The minimum atomic E-state index is -0.0244. The number of thiazole rings is 1. The Hall–Kier alpha value is -1.43. The van der Waals surface area contributed by atoms with Gasteiger partial charge in [0.25, 0.3) is 0 Å². The lowest BCUT2D eigenvalue weighted by Crippen LogP contribution is -2.18. The lowest BCUT2D eigenvalue weighted by atomic mass is 10.1. The third-order valence-corrected chi connectivity index (χ3v) is 4.34. The van der Waals surface area contributed by atoms with Gasteiger partial charge in [-0.1, -0.05) is 23.7 Å². The summed E-state index contributed by atoms with van der Waals surface area (Å²) >= 11 is 7.62. The fraction of sp³-hybridized carbons (Fsp3) is 0.333. The first-order valence-electron chi connectivity index (χ1n) is 6.72. The van der Waals surface area contributed by atoms with E-state index in [0.29, 0.717) is 18.1 Å². The SMILES string of the molecule is CNCCC(=O)Nc1ncc(Cc2ccc(C)c(Cl)c2)s1. The summed E-state index contributed by atoms with van der Waals surface area (Å²) < 4.78 is 0. The summed E-state index contributed by atoms with van der Waals surface area (Å²) in [6.45, 7) is 2.64. The molecule has 0 aliphatic heterocycles. The highest BCUT2D eigenvalue weighted by Gasteiger charge is 2.07. The minimum absolute atomic E-state index is 0.0244. The average molecular weight is 324 g/mol. The third-order valence-electron chi connectivity index (χ3n) is 3.02. The number of hydrogen-bond donors (Lipinski definition) is 2. The Morgan fingerprint density at radius 1 is 1.43 bits per heavy atom. The predicted octanol–water partition coefficient (Wildman–Crippen LogP) is 3.24. The minimum Gasteiger partial charge on any atom is -0.319 e. The van der Waals surface area contributed by atoms with E-state index >= 15 is 0 Å². The summed E-state index contributed by atoms with van der Waals surface area (Å²) in [5.41, 5.74) is 2.21. The monoisotopic (exact) mass is 323 g/mol. The van der Waals surface area contributed by atoms with Crippen molar-refractivity contribution in [3.63, 3.8) is 0 Å². The first kappa shape index (κ1) is 15.9. The van der Waals surface area contributed by atoms with Crippen LogP contribution in [0.5, 0.6) is 0 Å². The van der Waals surface area contributed by atoms with Gasteiger partial charge in [0.05, 0.1) is 0 Å². The summed E-state index contributed by atoms with van der Waals surface area (Å²) in [6, 6.07) is 6.05. The van der Waals surface area contributed by atoms with Crippen LogP contribution in [0.15, 0.2) is 24.4 Å². The molecule has 1 amide bonds. The number of anilines is 1. The molecule has 2 N–H and O–H groups in total. The lowest BCUT2D eigenvalue weighted by molar-refractivity contribution is -0.116. The summed E-state index contributed by atoms with van der Waals surface area (Å²) in [6.07, 6.45) is 3.01. The second-order valence-electron chi connectivity index (χ2n) is 4.79. The van der Waals surface area contributed by atoms with Gasteiger partial charge in [-0.2, -0.15) is 0 Å². The molecule has 0 aliphatic carbocycles. The van der Waals surface area contributed by atoms with Gasteiger partial charge in [-0.15, -0.1) is 11.3 Å². The van der Waals surface area contributed by atoms with E-state index in [0.717, 1.165) is 27.4 Å². The molecule has 2 aromatic rings. The van der Waals surface area contributed by atoms with E-state index in [4.69, 9.17) is 11.6 Å². The number of nitrogens with zero attached hydrogens (tertiary/aromatic N) is 1. The Kier molecular flexibility index (Phi) is 5.73. The van der Waals surface area contributed by atoms with E-state index in [1.807, 2.05) is 26.1 Å². The number of nitrogens with one attached hydrogen (secondary N) is 2. The molecule has 0 saturated carbocycles. The summed E-state index contributed by atoms with van der Waals surface area (Å²) in [4.78, 5) is 16.9. The van der Waals surface area contributed by atoms with Crippen LogP contribution >= 0.6 is 22.9 Å². The Morgan fingerprint density at radius 3 is 2.95 bits per heavy atom. The van der Waals surface area contributed by atoms with E-state index in [2.05, 4.69) is 21.7 Å². The molecule has 0 radical (unpaired) electrons. The zero-order chi connectivity index (χ0) is 15.2. The van der Waals surface area contributed by atoms with Gasteiger partial charge in [-0.3, -0.25) is 4.79 Å². The number of aromatic nitrogens is 1. The summed E-state index contributed by atoms with van der Waals surface area (Å²) in [5, 5.41) is 7.17. The Balaban J connectivity index is 1.96. The smallest absolute Gasteiger partial charge is 0.227 e. The first-order valence-corrected chi connectivity index (χ1v) is 7.92. The molecule has 112 valence electrons. The molecule has 0 bridgehead atoms. The average Bonchev–Trinajstić information content (AvgIpc) is 2.88. The van der Waals surface area contributed by atoms with Crippen molar-refractivity contribution in [1.29, 1.82) is 0 Å². The van der Waals surface area contributed by atoms with E-state index in [9.17, 15) is 4.79 Å². The molecular weight excluding hydrogens is 306 g/mol. The van der Waals surface area contributed by atoms with Crippen molar-refractivity contribution in [3.05, 3.63) is 45.4 Å². The van der Waals surface area contributed by atoms with Gasteiger partial charge in [0, 0.05) is 35.5 Å². The van der Waals surface area contributed by atoms with Gasteiger partial charge in [-0.05, 0) is 31.2 Å². The molecule has 0 aliphatic rings. The number of carbonyl (C=O) groups excluding carboxylic acids is 1. The van der Waals surface area contributed by atoms with E-state index < -0.39 is 0 Å². The number of benzene rings is 1. The van der Waals surface area contributed by atoms with Crippen LogP contribution in [0.4, 0.5) is 5.13 Å². The lowest BCUT2D eigenvalue weighted by Gasteiger charge is -2.02. The molecule has 1 aromatic carbocycles. The predicted molar refractivity (Wildman–Crippen MR) is 88.3 cm³/mol. The van der Waals surface area contributed by atoms with E-state index in [-0.39, 0.29) is 5.91 Å². The summed E-state index contributed by atoms with van der Waals surface area (Å²) in [7, 11) is 1.82. The van der Waals surface area contributed by atoms with Crippen molar-refractivity contribution in [2.24, 2.45) is 0 Å². The second kappa shape index (κ2) is 7.54. The Labute approximate surface area is 133 Å². The van der Waals surface area contributed by atoms with Crippen LogP contribution in [0, 0.1) is 6.92 Å². The second-order valence-corrected chi connectivity index (χ2v) is 6.32. The van der Waals surface area contributed by atoms with E-state index in [1.165, 1.54) is 11.3 Å². The number of rotatable bonds is 6. The quantitative estimate of drug-likeness (QED) is 0.858. The standard InChI is InChI=1S/C15H18ClN3OS/c1-10-3-4-11(8-13(10)16)7-12-9-18-15(21-12)19-14(20)5-6-17-2/h3-4,8-9,17H,5-7H2,1-2H3,(H,18,19,20). The fourth-order valence-electron chi connectivity index (χ4n) is 1.81. The maximum absolute atomic E-state index is 11.6. The van der Waals surface area contributed by atoms with Crippen LogP contribution < -0.4 is 10.6 Å². The Bertz CT molecular complexity index is 627. The fourth-order valence-corrected chi connectivity index (χ4v) is 2.88. The molecular formula is C15H18ClN3OS. The zero-order valence-electron chi connectivity index (χ0n) is 12.1.